The van der Waals surface area contributed by atoms with Gasteiger partial charge in [-0.15, -0.1) is 0 Å². The first-order chi connectivity index (χ1) is 11.3. The number of aromatic nitrogens is 5. The quantitative estimate of drug-likeness (QED) is 0.798. The van der Waals surface area contributed by atoms with Crippen molar-refractivity contribution in [3.05, 3.63) is 36.7 Å². The van der Waals surface area contributed by atoms with Gasteiger partial charge in [-0.3, -0.25) is 4.98 Å². The van der Waals surface area contributed by atoms with E-state index in [4.69, 9.17) is 4.74 Å². The van der Waals surface area contributed by atoms with Crippen LogP contribution in [0, 0.1) is 6.92 Å². The topological polar surface area (TPSA) is 79.8 Å². The van der Waals surface area contributed by atoms with E-state index in [1.807, 2.05) is 19.2 Å². The lowest BCUT2D eigenvalue weighted by Gasteiger charge is -2.32. The number of anilines is 1. The number of piperidine rings is 1. The molecule has 23 heavy (non-hydrogen) atoms. The van der Waals surface area contributed by atoms with Gasteiger partial charge in [0.2, 0.25) is 5.88 Å². The Morgan fingerprint density at radius 3 is 2.91 bits per heavy atom. The molecule has 4 rings (SSSR count). The minimum atomic E-state index is 0.172. The fraction of sp³-hybridized carbons (Fsp3) is 0.375. The average molecular weight is 310 g/mol. The van der Waals surface area contributed by atoms with Crippen molar-refractivity contribution in [2.75, 3.05) is 18.0 Å². The van der Waals surface area contributed by atoms with E-state index in [0.29, 0.717) is 5.88 Å². The molecule has 0 spiro atoms. The van der Waals surface area contributed by atoms with E-state index in [2.05, 4.69) is 29.8 Å². The first-order valence-corrected chi connectivity index (χ1v) is 7.78. The highest BCUT2D eigenvalue weighted by Crippen LogP contribution is 2.26. The van der Waals surface area contributed by atoms with Crippen molar-refractivity contribution in [1.82, 2.24) is 24.9 Å². The van der Waals surface area contributed by atoms with Crippen molar-refractivity contribution in [1.29, 1.82) is 0 Å². The number of nitrogens with zero attached hydrogens (tertiary/aromatic N) is 5. The Bertz CT molecular complexity index is 809. The second-order valence-corrected chi connectivity index (χ2v) is 5.74. The summed E-state index contributed by atoms with van der Waals surface area (Å²) in [7, 11) is 0. The molecular weight excluding hydrogens is 292 g/mol. The molecule has 1 fully saturated rings. The van der Waals surface area contributed by atoms with Crippen LogP contribution in [0.2, 0.25) is 0 Å². The highest BCUT2D eigenvalue weighted by molar-refractivity contribution is 5.87. The SMILES string of the molecule is Cc1cncc(OC2CCN(c3ncnc4[nH]ccc34)CC2)n1. The van der Waals surface area contributed by atoms with Gasteiger partial charge in [-0.25, -0.2) is 15.0 Å². The van der Waals surface area contributed by atoms with Crippen LogP contribution in [0.3, 0.4) is 0 Å². The van der Waals surface area contributed by atoms with Gasteiger partial charge in [-0.05, 0) is 13.0 Å². The summed E-state index contributed by atoms with van der Waals surface area (Å²) in [5.74, 6) is 1.60. The van der Waals surface area contributed by atoms with E-state index in [1.165, 1.54) is 0 Å². The smallest absolute Gasteiger partial charge is 0.232 e. The van der Waals surface area contributed by atoms with Crippen LogP contribution in [0.4, 0.5) is 5.82 Å². The van der Waals surface area contributed by atoms with Crippen LogP contribution in [0.1, 0.15) is 18.5 Å². The maximum absolute atomic E-state index is 5.95. The third kappa shape index (κ3) is 2.81. The highest BCUT2D eigenvalue weighted by Gasteiger charge is 2.23. The summed E-state index contributed by atoms with van der Waals surface area (Å²) in [6, 6.07) is 2.02. The van der Waals surface area contributed by atoms with E-state index < -0.39 is 0 Å². The number of nitrogens with one attached hydrogen (secondary N) is 1. The van der Waals surface area contributed by atoms with Crippen molar-refractivity contribution >= 4 is 16.9 Å². The number of ether oxygens (including phenoxy) is 1. The fourth-order valence-corrected chi connectivity index (χ4v) is 2.96. The molecule has 0 atom stereocenters. The molecule has 7 nitrogen and oxygen atoms in total. The van der Waals surface area contributed by atoms with Gasteiger partial charge < -0.3 is 14.6 Å². The molecule has 1 N–H and O–H groups in total. The van der Waals surface area contributed by atoms with Gasteiger partial charge in [0.1, 0.15) is 23.9 Å². The molecular formula is C16H18N6O. The molecule has 3 aromatic rings. The first kappa shape index (κ1) is 13.9. The van der Waals surface area contributed by atoms with Gasteiger partial charge in [0.25, 0.3) is 0 Å². The van der Waals surface area contributed by atoms with Crippen LogP contribution in [0.15, 0.2) is 31.0 Å². The van der Waals surface area contributed by atoms with Crippen molar-refractivity contribution in [2.45, 2.75) is 25.9 Å². The molecule has 1 aliphatic heterocycles. The van der Waals surface area contributed by atoms with E-state index in [1.54, 1.807) is 18.7 Å². The second kappa shape index (κ2) is 5.83. The van der Waals surface area contributed by atoms with E-state index in [-0.39, 0.29) is 6.10 Å². The molecule has 0 aliphatic carbocycles. The summed E-state index contributed by atoms with van der Waals surface area (Å²) in [6.45, 7) is 3.72. The molecule has 0 unspecified atom stereocenters. The van der Waals surface area contributed by atoms with Gasteiger partial charge in [-0.1, -0.05) is 0 Å². The highest BCUT2D eigenvalue weighted by atomic mass is 16.5. The summed E-state index contributed by atoms with van der Waals surface area (Å²) >= 11 is 0. The standard InChI is InChI=1S/C16H18N6O/c1-11-8-17-9-14(21-11)23-12-3-6-22(7-4-12)16-13-2-5-18-15(13)19-10-20-16/h2,5,8-10,12H,3-4,6-7H2,1H3,(H,18,19,20). The molecule has 0 bridgehead atoms. The van der Waals surface area contributed by atoms with Crippen molar-refractivity contribution in [3.8, 4) is 5.88 Å². The Hall–Kier alpha value is -2.70. The average Bonchev–Trinajstić information content (AvgIpc) is 3.04. The summed E-state index contributed by atoms with van der Waals surface area (Å²) in [6.07, 6.45) is 8.95. The zero-order chi connectivity index (χ0) is 15.6. The Labute approximate surface area is 133 Å². The van der Waals surface area contributed by atoms with Gasteiger partial charge >= 0.3 is 0 Å². The van der Waals surface area contributed by atoms with Crippen LogP contribution in [-0.4, -0.2) is 44.1 Å². The molecule has 1 saturated heterocycles. The number of hydrogen-bond acceptors (Lipinski definition) is 6. The third-order valence-corrected chi connectivity index (χ3v) is 4.09. The van der Waals surface area contributed by atoms with Crippen LogP contribution < -0.4 is 9.64 Å². The second-order valence-electron chi connectivity index (χ2n) is 5.74. The Morgan fingerprint density at radius 1 is 1.22 bits per heavy atom. The Kier molecular flexibility index (Phi) is 3.53. The zero-order valence-corrected chi connectivity index (χ0v) is 12.9. The number of aryl methyl sites for hydroxylation is 1. The lowest BCUT2D eigenvalue weighted by Crippen LogP contribution is -2.38. The van der Waals surface area contributed by atoms with E-state index in [9.17, 15) is 0 Å². The Morgan fingerprint density at radius 2 is 2.09 bits per heavy atom. The summed E-state index contributed by atoms with van der Waals surface area (Å²) in [4.78, 5) is 22.6. The maximum Gasteiger partial charge on any atom is 0.232 e. The zero-order valence-electron chi connectivity index (χ0n) is 12.9. The van der Waals surface area contributed by atoms with Crippen LogP contribution in [0.5, 0.6) is 5.88 Å². The van der Waals surface area contributed by atoms with Gasteiger partial charge in [-0.2, -0.15) is 0 Å². The number of H-pyrrole nitrogens is 1. The molecule has 3 aromatic heterocycles. The van der Waals surface area contributed by atoms with Crippen molar-refractivity contribution in [3.63, 3.8) is 0 Å². The van der Waals surface area contributed by atoms with Crippen LogP contribution in [0.25, 0.3) is 11.0 Å². The van der Waals surface area contributed by atoms with Crippen LogP contribution in [-0.2, 0) is 0 Å². The lowest BCUT2D eigenvalue weighted by molar-refractivity contribution is 0.163. The fourth-order valence-electron chi connectivity index (χ4n) is 2.96. The van der Waals surface area contributed by atoms with E-state index >= 15 is 0 Å². The number of hydrogen-bond donors (Lipinski definition) is 1. The lowest BCUT2D eigenvalue weighted by atomic mass is 10.1. The Balaban J connectivity index is 1.44. The first-order valence-electron chi connectivity index (χ1n) is 7.78. The predicted octanol–water partition coefficient (Wildman–Crippen LogP) is 2.10. The normalized spacial score (nSPS) is 16.0. The molecule has 0 aromatic carbocycles. The van der Waals surface area contributed by atoms with Crippen LogP contribution >= 0.6 is 0 Å². The van der Waals surface area contributed by atoms with Crippen molar-refractivity contribution in [2.24, 2.45) is 0 Å². The number of fused-ring (bicyclic) bond motifs is 1. The molecule has 118 valence electrons. The van der Waals surface area contributed by atoms with Gasteiger partial charge in [0.05, 0.1) is 17.3 Å². The van der Waals surface area contributed by atoms with E-state index in [0.717, 1.165) is 48.5 Å². The minimum absolute atomic E-state index is 0.172. The molecule has 4 heterocycles. The number of rotatable bonds is 3. The molecule has 1 aliphatic rings. The maximum atomic E-state index is 5.95. The predicted molar refractivity (Wildman–Crippen MR) is 86.5 cm³/mol. The monoisotopic (exact) mass is 310 g/mol. The summed E-state index contributed by atoms with van der Waals surface area (Å²) in [5.41, 5.74) is 1.75. The molecule has 0 radical (unpaired) electrons. The van der Waals surface area contributed by atoms with Crippen molar-refractivity contribution < 1.29 is 4.74 Å². The van der Waals surface area contributed by atoms with Gasteiger partial charge in [0, 0.05) is 38.3 Å². The summed E-state index contributed by atoms with van der Waals surface area (Å²) < 4.78 is 5.95. The number of aromatic amines is 1. The third-order valence-electron chi connectivity index (χ3n) is 4.09. The molecule has 7 heteroatoms. The van der Waals surface area contributed by atoms with Gasteiger partial charge in [0.15, 0.2) is 0 Å². The summed E-state index contributed by atoms with van der Waals surface area (Å²) in [5, 5.41) is 1.07. The molecule has 0 saturated carbocycles. The minimum Gasteiger partial charge on any atom is -0.473 e. The molecule has 0 amide bonds. The largest absolute Gasteiger partial charge is 0.473 e.